The number of benzene rings is 2. The molecule has 2 unspecified atom stereocenters. The van der Waals surface area contributed by atoms with Crippen LogP contribution in [-0.4, -0.2) is 53.4 Å². The lowest BCUT2D eigenvalue weighted by molar-refractivity contribution is -0.127. The number of hydrogen-bond acceptors (Lipinski definition) is 4. The molecule has 1 aliphatic rings. The van der Waals surface area contributed by atoms with Crippen molar-refractivity contribution in [3.63, 3.8) is 0 Å². The molecular weight excluding hydrogens is 405 g/mol. The molecule has 6 nitrogen and oxygen atoms in total. The maximum absolute atomic E-state index is 12.9. The van der Waals surface area contributed by atoms with Crippen LogP contribution in [0.1, 0.15) is 24.4 Å². The third-order valence-corrected chi connectivity index (χ3v) is 5.71. The van der Waals surface area contributed by atoms with E-state index in [-0.39, 0.29) is 18.5 Å². The number of likely N-dealkylation sites (tertiary alicyclic amines) is 1. The van der Waals surface area contributed by atoms with E-state index in [1.165, 1.54) is 0 Å². The summed E-state index contributed by atoms with van der Waals surface area (Å²) < 4.78 is 12.6. The van der Waals surface area contributed by atoms with Crippen LogP contribution in [0.4, 0.5) is 10.1 Å². The van der Waals surface area contributed by atoms with Gasteiger partial charge in [0.15, 0.2) is 0 Å². The van der Waals surface area contributed by atoms with Crippen LogP contribution >= 0.6 is 11.6 Å². The number of aromatic amines is 1. The second kappa shape index (κ2) is 9.45. The van der Waals surface area contributed by atoms with E-state index in [1.807, 2.05) is 24.3 Å². The van der Waals surface area contributed by atoms with E-state index < -0.39 is 12.7 Å². The van der Waals surface area contributed by atoms with E-state index in [9.17, 15) is 9.18 Å². The Bertz CT molecular complexity index is 993. The highest BCUT2D eigenvalue weighted by molar-refractivity contribution is 6.30. The van der Waals surface area contributed by atoms with Gasteiger partial charge in [-0.25, -0.2) is 4.39 Å². The molecule has 1 fully saturated rings. The maximum atomic E-state index is 12.9. The number of piperidine rings is 1. The van der Waals surface area contributed by atoms with Gasteiger partial charge in [-0.1, -0.05) is 23.7 Å². The van der Waals surface area contributed by atoms with Gasteiger partial charge in [-0.3, -0.25) is 14.8 Å². The number of halogens is 2. The molecule has 1 amide bonds. The number of alkyl halides is 1. The molecule has 2 heterocycles. The number of nitrogens with one attached hydrogen (secondary N) is 3. The fourth-order valence-corrected chi connectivity index (χ4v) is 4.19. The molecule has 30 heavy (non-hydrogen) atoms. The fourth-order valence-electron chi connectivity index (χ4n) is 4.07. The number of rotatable bonds is 7. The summed E-state index contributed by atoms with van der Waals surface area (Å²) in [6.45, 7) is 0.942. The molecule has 158 valence electrons. The van der Waals surface area contributed by atoms with Crippen LogP contribution in [0.3, 0.4) is 0 Å². The van der Waals surface area contributed by atoms with Gasteiger partial charge < -0.3 is 10.6 Å². The van der Waals surface area contributed by atoms with Crippen LogP contribution < -0.4 is 10.6 Å². The number of carbonyl (C=O) groups excluding carboxylic acids is 1. The maximum Gasteiger partial charge on any atom is 0.242 e. The minimum absolute atomic E-state index is 0.0170. The highest BCUT2D eigenvalue weighted by atomic mass is 35.5. The third kappa shape index (κ3) is 4.74. The Hall–Kier alpha value is -2.64. The predicted molar refractivity (Wildman–Crippen MR) is 117 cm³/mol. The smallest absolute Gasteiger partial charge is 0.242 e. The van der Waals surface area contributed by atoms with Crippen molar-refractivity contribution in [3.8, 4) is 0 Å². The van der Waals surface area contributed by atoms with Gasteiger partial charge in [-0.15, -0.1) is 0 Å². The molecule has 1 aromatic heterocycles. The predicted octanol–water partition coefficient (Wildman–Crippen LogP) is 3.92. The molecule has 0 radical (unpaired) electrons. The number of fused-ring (bicyclic) bond motifs is 1. The van der Waals surface area contributed by atoms with Crippen molar-refractivity contribution in [2.45, 2.75) is 24.9 Å². The van der Waals surface area contributed by atoms with Gasteiger partial charge in [0.05, 0.1) is 11.7 Å². The number of hydrogen-bond donors (Lipinski definition) is 3. The highest BCUT2D eigenvalue weighted by Gasteiger charge is 2.31. The molecule has 3 N–H and O–H groups in total. The Morgan fingerprint density at radius 2 is 2.13 bits per heavy atom. The van der Waals surface area contributed by atoms with Gasteiger partial charge in [0.1, 0.15) is 12.7 Å². The van der Waals surface area contributed by atoms with Gasteiger partial charge >= 0.3 is 0 Å². The van der Waals surface area contributed by atoms with Gasteiger partial charge in [0, 0.05) is 35.2 Å². The number of anilines is 1. The van der Waals surface area contributed by atoms with Crippen molar-refractivity contribution in [2.24, 2.45) is 0 Å². The summed E-state index contributed by atoms with van der Waals surface area (Å²) in [6.07, 6.45) is 3.78. The molecule has 3 aromatic rings. The lowest BCUT2D eigenvalue weighted by Gasteiger charge is -2.38. The lowest BCUT2D eigenvalue weighted by atomic mass is 9.98. The molecule has 0 bridgehead atoms. The van der Waals surface area contributed by atoms with Gasteiger partial charge in [-0.05, 0) is 55.3 Å². The SMILES string of the molecule is O=C(NCCF)C(c1ccc(Cl)cc1)N1CCCC(Nc2ccc3[nH]ncc3c2)C1. The summed E-state index contributed by atoms with van der Waals surface area (Å²) in [7, 11) is 0. The molecule has 0 saturated carbocycles. The molecule has 1 aliphatic heterocycles. The standard InChI is InChI=1S/C22H25ClFN5O/c23-17-5-3-15(4-6-17)21(22(30)25-10-9-24)29-11-1-2-19(14-29)27-18-7-8-20-16(12-18)13-26-28-20/h3-8,12-13,19,21,27H,1-2,9-11,14H2,(H,25,30)(H,26,28). The van der Waals surface area contributed by atoms with Crippen molar-refractivity contribution >= 4 is 34.1 Å². The summed E-state index contributed by atoms with van der Waals surface area (Å²) in [6, 6.07) is 13.1. The van der Waals surface area contributed by atoms with E-state index in [2.05, 4.69) is 31.8 Å². The average Bonchev–Trinajstić information content (AvgIpc) is 3.22. The minimum Gasteiger partial charge on any atom is -0.381 e. The monoisotopic (exact) mass is 429 g/mol. The van der Waals surface area contributed by atoms with Crippen molar-refractivity contribution in [1.29, 1.82) is 0 Å². The van der Waals surface area contributed by atoms with Crippen LogP contribution in [0.2, 0.25) is 5.02 Å². The lowest BCUT2D eigenvalue weighted by Crippen LogP contribution is -2.48. The number of aromatic nitrogens is 2. The Labute approximate surface area is 179 Å². The Morgan fingerprint density at radius 1 is 1.30 bits per heavy atom. The van der Waals surface area contributed by atoms with E-state index >= 15 is 0 Å². The Morgan fingerprint density at radius 3 is 2.93 bits per heavy atom. The first-order valence-electron chi connectivity index (χ1n) is 10.2. The second-order valence-corrected chi connectivity index (χ2v) is 8.02. The first-order chi connectivity index (χ1) is 14.6. The molecule has 1 saturated heterocycles. The zero-order chi connectivity index (χ0) is 20.9. The van der Waals surface area contributed by atoms with Crippen molar-refractivity contribution in [3.05, 3.63) is 59.2 Å². The van der Waals surface area contributed by atoms with Crippen molar-refractivity contribution < 1.29 is 9.18 Å². The summed E-state index contributed by atoms with van der Waals surface area (Å²) in [5, 5.41) is 15.0. The van der Waals surface area contributed by atoms with Gasteiger partial charge in [-0.2, -0.15) is 5.10 Å². The third-order valence-electron chi connectivity index (χ3n) is 5.46. The fraction of sp³-hybridized carbons (Fsp3) is 0.364. The Kier molecular flexibility index (Phi) is 6.50. The molecule has 0 spiro atoms. The zero-order valence-electron chi connectivity index (χ0n) is 16.6. The molecule has 4 rings (SSSR count). The van der Waals surface area contributed by atoms with E-state index in [0.29, 0.717) is 11.6 Å². The number of amides is 1. The molecule has 0 aliphatic carbocycles. The summed E-state index contributed by atoms with van der Waals surface area (Å²) >= 11 is 6.03. The molecular formula is C22H25ClFN5O. The Balaban J connectivity index is 1.51. The topological polar surface area (TPSA) is 73.1 Å². The zero-order valence-corrected chi connectivity index (χ0v) is 17.3. The molecule has 8 heteroatoms. The molecule has 2 aromatic carbocycles. The van der Waals surface area contributed by atoms with Gasteiger partial charge in [0.25, 0.3) is 0 Å². The first kappa shape index (κ1) is 20.6. The average molecular weight is 430 g/mol. The molecule has 2 atom stereocenters. The van der Waals surface area contributed by atoms with Crippen LogP contribution in [0.25, 0.3) is 10.9 Å². The van der Waals surface area contributed by atoms with Crippen LogP contribution in [0, 0.1) is 0 Å². The van der Waals surface area contributed by atoms with Crippen molar-refractivity contribution in [1.82, 2.24) is 20.4 Å². The highest BCUT2D eigenvalue weighted by Crippen LogP contribution is 2.28. The summed E-state index contributed by atoms with van der Waals surface area (Å²) in [5.41, 5.74) is 2.88. The normalized spacial score (nSPS) is 18.3. The summed E-state index contributed by atoms with van der Waals surface area (Å²) in [4.78, 5) is 15.0. The van der Waals surface area contributed by atoms with E-state index in [1.54, 1.807) is 18.3 Å². The van der Waals surface area contributed by atoms with E-state index in [0.717, 1.165) is 41.5 Å². The van der Waals surface area contributed by atoms with Crippen LogP contribution in [0.15, 0.2) is 48.7 Å². The van der Waals surface area contributed by atoms with Gasteiger partial charge in [0.2, 0.25) is 5.91 Å². The van der Waals surface area contributed by atoms with Crippen LogP contribution in [0.5, 0.6) is 0 Å². The number of carbonyl (C=O) groups is 1. The van der Waals surface area contributed by atoms with Crippen molar-refractivity contribution in [2.75, 3.05) is 31.6 Å². The largest absolute Gasteiger partial charge is 0.381 e. The number of H-pyrrole nitrogens is 1. The van der Waals surface area contributed by atoms with Crippen LogP contribution in [-0.2, 0) is 4.79 Å². The first-order valence-corrected chi connectivity index (χ1v) is 10.5. The second-order valence-electron chi connectivity index (χ2n) is 7.58. The number of nitrogens with zero attached hydrogens (tertiary/aromatic N) is 2. The minimum atomic E-state index is -0.584. The quantitative estimate of drug-likeness (QED) is 0.532. The summed E-state index contributed by atoms with van der Waals surface area (Å²) in [5.74, 6) is -0.185. The van der Waals surface area contributed by atoms with E-state index in [4.69, 9.17) is 11.6 Å².